The summed E-state index contributed by atoms with van der Waals surface area (Å²) in [5.74, 6) is -1.80. The maximum absolute atomic E-state index is 14.0. The summed E-state index contributed by atoms with van der Waals surface area (Å²) < 4.78 is 7.26. The number of amides is 3. The van der Waals surface area contributed by atoms with Gasteiger partial charge in [-0.05, 0) is 70.2 Å². The average molecular weight is 591 g/mol. The number of hydrogen-bond donors (Lipinski definition) is 2. The molecule has 1 aliphatic heterocycles. The van der Waals surface area contributed by atoms with E-state index in [4.69, 9.17) is 4.74 Å². The summed E-state index contributed by atoms with van der Waals surface area (Å²) in [5.41, 5.74) is 2.04. The molecule has 1 aliphatic rings. The maximum atomic E-state index is 14.0. The lowest BCUT2D eigenvalue weighted by Crippen LogP contribution is -2.55. The predicted octanol–water partition coefficient (Wildman–Crippen LogP) is 5.39. The third-order valence-electron chi connectivity index (χ3n) is 7.88. The Morgan fingerprint density at radius 3 is 2.40 bits per heavy atom. The van der Waals surface area contributed by atoms with Gasteiger partial charge in [0.15, 0.2) is 0 Å². The van der Waals surface area contributed by atoms with Gasteiger partial charge in [0, 0.05) is 30.9 Å². The zero-order valence-electron chi connectivity index (χ0n) is 26.0. The number of likely N-dealkylation sites (tertiary alicyclic amines) is 1. The van der Waals surface area contributed by atoms with Crippen molar-refractivity contribution < 1.29 is 29.0 Å². The van der Waals surface area contributed by atoms with Crippen molar-refractivity contribution in [2.24, 2.45) is 5.92 Å². The van der Waals surface area contributed by atoms with Gasteiger partial charge in [0.1, 0.15) is 17.7 Å². The van der Waals surface area contributed by atoms with Crippen LogP contribution in [0.25, 0.3) is 16.6 Å². The van der Waals surface area contributed by atoms with E-state index in [1.807, 2.05) is 65.8 Å². The first kappa shape index (κ1) is 31.6. The smallest absolute Gasteiger partial charge is 0.410 e. The third-order valence-corrected chi connectivity index (χ3v) is 7.88. The van der Waals surface area contributed by atoms with Crippen LogP contribution < -0.4 is 5.32 Å². The Morgan fingerprint density at radius 2 is 1.74 bits per heavy atom. The highest BCUT2D eigenvalue weighted by atomic mass is 16.6. The Labute approximate surface area is 252 Å². The van der Waals surface area contributed by atoms with Crippen LogP contribution in [0.3, 0.4) is 0 Å². The van der Waals surface area contributed by atoms with Gasteiger partial charge in [-0.15, -0.1) is 0 Å². The van der Waals surface area contributed by atoms with Crippen molar-refractivity contribution in [3.8, 4) is 5.69 Å². The van der Waals surface area contributed by atoms with Crippen LogP contribution in [0.4, 0.5) is 4.79 Å². The van der Waals surface area contributed by atoms with E-state index in [1.165, 1.54) is 11.9 Å². The lowest BCUT2D eigenvalue weighted by molar-refractivity contribution is -0.139. The lowest BCUT2D eigenvalue weighted by Gasteiger charge is -2.33. The van der Waals surface area contributed by atoms with Gasteiger partial charge in [0.25, 0.3) is 0 Å². The fourth-order valence-electron chi connectivity index (χ4n) is 5.46. The molecule has 2 heterocycles. The summed E-state index contributed by atoms with van der Waals surface area (Å²) in [4.78, 5) is 54.7. The molecule has 0 aliphatic carbocycles. The SMILES string of the molecule is CC(C)[C@H](NC(=O)[C@H](C)N(C)C(=O)OC(C)(C)C)C(=O)N1CCC[C@H]1c1cccc(-n2cc(C(=O)O)c3ccccc32)c1. The molecular weight excluding hydrogens is 548 g/mol. The number of fused-ring (bicyclic) bond motifs is 1. The summed E-state index contributed by atoms with van der Waals surface area (Å²) >= 11 is 0. The Kier molecular flexibility index (Phi) is 9.18. The van der Waals surface area contributed by atoms with Crippen LogP contribution in [0.15, 0.2) is 54.7 Å². The molecule has 3 aromatic rings. The van der Waals surface area contributed by atoms with Gasteiger partial charge in [-0.2, -0.15) is 0 Å². The molecule has 3 atom stereocenters. The lowest BCUT2D eigenvalue weighted by atomic mass is 9.99. The van der Waals surface area contributed by atoms with Crippen LogP contribution >= 0.6 is 0 Å². The van der Waals surface area contributed by atoms with Crippen molar-refractivity contribution >= 4 is 34.8 Å². The van der Waals surface area contributed by atoms with E-state index in [-0.39, 0.29) is 23.4 Å². The molecule has 2 aromatic carbocycles. The molecule has 0 saturated carbocycles. The Morgan fingerprint density at radius 1 is 1.05 bits per heavy atom. The largest absolute Gasteiger partial charge is 0.478 e. The van der Waals surface area contributed by atoms with Crippen molar-refractivity contribution in [3.05, 3.63) is 65.9 Å². The number of likely N-dealkylation sites (N-methyl/N-ethyl adjacent to an activating group) is 1. The number of carbonyl (C=O) groups excluding carboxylic acids is 3. The number of aromatic nitrogens is 1. The second-order valence-corrected chi connectivity index (χ2v) is 12.5. The monoisotopic (exact) mass is 590 g/mol. The summed E-state index contributed by atoms with van der Waals surface area (Å²) in [5, 5.41) is 13.3. The number of rotatable bonds is 8. The quantitative estimate of drug-likeness (QED) is 0.363. The van der Waals surface area contributed by atoms with Crippen LogP contribution in [0, 0.1) is 5.92 Å². The van der Waals surface area contributed by atoms with Gasteiger partial charge in [-0.25, -0.2) is 9.59 Å². The van der Waals surface area contributed by atoms with E-state index >= 15 is 0 Å². The van der Waals surface area contributed by atoms with Gasteiger partial charge in [-0.1, -0.05) is 44.2 Å². The van der Waals surface area contributed by atoms with Gasteiger partial charge in [0.2, 0.25) is 11.8 Å². The van der Waals surface area contributed by atoms with Crippen molar-refractivity contribution in [3.63, 3.8) is 0 Å². The highest BCUT2D eigenvalue weighted by Crippen LogP contribution is 2.35. The van der Waals surface area contributed by atoms with Gasteiger partial charge in [0.05, 0.1) is 17.1 Å². The number of hydrogen-bond acceptors (Lipinski definition) is 5. The summed E-state index contributed by atoms with van der Waals surface area (Å²) in [6.45, 7) is 11.2. The van der Waals surface area contributed by atoms with Crippen LogP contribution in [0.2, 0.25) is 0 Å². The molecule has 10 nitrogen and oxygen atoms in total. The molecule has 1 aromatic heterocycles. The van der Waals surface area contributed by atoms with E-state index in [0.717, 1.165) is 29.6 Å². The molecule has 0 bridgehead atoms. The van der Waals surface area contributed by atoms with Crippen molar-refractivity contribution in [2.45, 2.75) is 78.1 Å². The molecule has 43 heavy (non-hydrogen) atoms. The molecule has 1 saturated heterocycles. The predicted molar refractivity (Wildman–Crippen MR) is 164 cm³/mol. The molecule has 4 rings (SSSR count). The van der Waals surface area contributed by atoms with Gasteiger partial charge in [-0.3, -0.25) is 14.5 Å². The second-order valence-electron chi connectivity index (χ2n) is 12.5. The van der Waals surface area contributed by atoms with Gasteiger partial charge < -0.3 is 24.6 Å². The standard InChI is InChI=1S/C33H42N4O6/c1-20(2)28(34-29(38)21(3)35(7)32(42)43-33(4,5)6)30(39)36-17-11-16-26(36)22-12-10-13-23(18-22)37-19-25(31(40)41)24-14-8-9-15-27(24)37/h8-10,12-15,18-21,26,28H,11,16-17H2,1-7H3,(H,34,38)(H,40,41)/t21-,26-,28-/m0/s1. The number of benzene rings is 2. The molecule has 1 fully saturated rings. The van der Waals surface area contributed by atoms with Crippen LogP contribution in [-0.2, 0) is 14.3 Å². The second kappa shape index (κ2) is 12.5. The number of carboxylic acids is 1. The van der Waals surface area contributed by atoms with Crippen molar-refractivity contribution in [2.75, 3.05) is 13.6 Å². The normalized spacial score (nSPS) is 16.7. The number of carboxylic acid groups (broad SMARTS) is 1. The number of carbonyl (C=O) groups is 4. The minimum Gasteiger partial charge on any atom is -0.478 e. The average Bonchev–Trinajstić information content (AvgIpc) is 3.59. The van der Waals surface area contributed by atoms with E-state index in [1.54, 1.807) is 40.0 Å². The van der Waals surface area contributed by atoms with E-state index in [0.29, 0.717) is 11.9 Å². The number of nitrogens with one attached hydrogen (secondary N) is 1. The fraction of sp³-hybridized carbons (Fsp3) is 0.455. The zero-order chi connectivity index (χ0) is 31.6. The first-order chi connectivity index (χ1) is 20.2. The zero-order valence-corrected chi connectivity index (χ0v) is 26.0. The molecule has 2 N–H and O–H groups in total. The first-order valence-electron chi connectivity index (χ1n) is 14.7. The molecular formula is C33H42N4O6. The summed E-state index contributed by atoms with van der Waals surface area (Å²) in [7, 11) is 1.50. The summed E-state index contributed by atoms with van der Waals surface area (Å²) in [6, 6.07) is 13.3. The Balaban J connectivity index is 1.56. The molecule has 0 radical (unpaired) electrons. The van der Waals surface area contributed by atoms with E-state index in [2.05, 4.69) is 5.32 Å². The third kappa shape index (κ3) is 6.84. The van der Waals surface area contributed by atoms with Crippen molar-refractivity contribution in [1.82, 2.24) is 19.7 Å². The first-order valence-corrected chi connectivity index (χ1v) is 14.7. The van der Waals surface area contributed by atoms with Crippen LogP contribution in [0.1, 0.15) is 76.3 Å². The minimum atomic E-state index is -0.993. The molecule has 0 spiro atoms. The van der Waals surface area contributed by atoms with Crippen LogP contribution in [0.5, 0.6) is 0 Å². The number of nitrogens with zero attached hydrogens (tertiary/aromatic N) is 3. The molecule has 10 heteroatoms. The van der Waals surface area contributed by atoms with E-state index in [9.17, 15) is 24.3 Å². The molecule has 3 amide bonds. The van der Waals surface area contributed by atoms with E-state index < -0.39 is 35.7 Å². The van der Waals surface area contributed by atoms with Crippen LogP contribution in [-0.4, -0.2) is 74.6 Å². The van der Waals surface area contributed by atoms with Gasteiger partial charge >= 0.3 is 12.1 Å². The highest BCUT2D eigenvalue weighted by Gasteiger charge is 2.37. The number of aromatic carboxylic acids is 1. The number of para-hydroxylation sites is 1. The fourth-order valence-corrected chi connectivity index (χ4v) is 5.46. The molecule has 230 valence electrons. The maximum Gasteiger partial charge on any atom is 0.410 e. The number of ether oxygens (including phenoxy) is 1. The Bertz CT molecular complexity index is 1520. The molecule has 0 unspecified atom stereocenters. The minimum absolute atomic E-state index is 0.178. The highest BCUT2D eigenvalue weighted by molar-refractivity contribution is 6.04. The summed E-state index contributed by atoms with van der Waals surface area (Å²) in [6.07, 6.45) is 2.59. The van der Waals surface area contributed by atoms with Crippen molar-refractivity contribution in [1.29, 1.82) is 0 Å². The topological polar surface area (TPSA) is 121 Å². The Hall–Kier alpha value is -4.34.